The number of rotatable bonds is 12. The summed E-state index contributed by atoms with van der Waals surface area (Å²) in [4.78, 5) is 72.4. The van der Waals surface area contributed by atoms with Crippen LogP contribution < -0.4 is 21.4 Å². The van der Waals surface area contributed by atoms with Crippen LogP contribution in [-0.4, -0.2) is 110 Å². The Labute approximate surface area is 288 Å². The molecule has 5 unspecified atom stereocenters. The Morgan fingerprint density at radius 2 is 1.54 bits per heavy atom. The topological polar surface area (TPSA) is 370 Å². The number of fused-ring (bicyclic) bond motifs is 2. The zero-order valence-electron chi connectivity index (χ0n) is 26.9. The molecule has 2 aliphatic rings. The van der Waals surface area contributed by atoms with Crippen LogP contribution in [0.15, 0.2) is 22.2 Å². The molecule has 0 aromatic carbocycles. The molecule has 11 atom stereocenters. The van der Waals surface area contributed by atoms with Crippen molar-refractivity contribution in [2.75, 3.05) is 20.0 Å². The van der Waals surface area contributed by atoms with Gasteiger partial charge in [-0.05, 0) is 6.92 Å². The maximum Gasteiger partial charge on any atom is 0.490 e. The van der Waals surface area contributed by atoms with E-state index in [0.717, 1.165) is 11.7 Å². The van der Waals surface area contributed by atoms with Gasteiger partial charge in [-0.1, -0.05) is 4.98 Å². The molecule has 6 rings (SSSR count). The SMILES string of the molecule is COC1[C@@H](OP(=O)(O)OP(=O)(O)OP(=O)(O)O[C@H]2O[C@@H]([n+]3cn(C)c4c(=O)[nH]c(N)nc43)C(O)[C@H]2O)O[C@@H](n2cnc3c(=O)[nH]c(C)nc32)[C@H]1OC. The Hall–Kier alpha value is -3.33. The second-order valence-corrected chi connectivity index (χ2v) is 15.7. The highest BCUT2D eigenvalue weighted by molar-refractivity contribution is 7.66. The fraction of sp³-hybridized carbons (Fsp3) is 0.545. The van der Waals surface area contributed by atoms with E-state index in [2.05, 4.69) is 38.1 Å². The summed E-state index contributed by atoms with van der Waals surface area (Å²) in [5, 5.41) is 21.1. The fourth-order valence-electron chi connectivity index (χ4n) is 5.61. The highest BCUT2D eigenvalue weighted by atomic mass is 31.3. The van der Waals surface area contributed by atoms with Crippen molar-refractivity contribution in [3.05, 3.63) is 39.2 Å². The molecule has 0 radical (unpaired) electrons. The summed E-state index contributed by atoms with van der Waals surface area (Å²) in [5.74, 6) is -0.100. The molecule has 0 bridgehead atoms. The van der Waals surface area contributed by atoms with E-state index in [1.54, 1.807) is 0 Å². The first kappa shape index (κ1) is 38.4. The zero-order valence-corrected chi connectivity index (χ0v) is 29.6. The van der Waals surface area contributed by atoms with Crippen molar-refractivity contribution in [2.24, 2.45) is 7.05 Å². The highest BCUT2D eigenvalue weighted by Gasteiger charge is 2.54. The lowest BCUT2D eigenvalue weighted by Crippen LogP contribution is -2.46. The lowest BCUT2D eigenvalue weighted by Gasteiger charge is -2.24. The highest BCUT2D eigenvalue weighted by Crippen LogP contribution is 2.68. The molecule has 2 fully saturated rings. The Morgan fingerprint density at radius 3 is 2.17 bits per heavy atom. The van der Waals surface area contributed by atoms with Crippen LogP contribution in [0.25, 0.3) is 22.3 Å². The molecule has 0 amide bonds. The molecule has 9 N–H and O–H groups in total. The van der Waals surface area contributed by atoms with Gasteiger partial charge in [0.1, 0.15) is 30.2 Å². The van der Waals surface area contributed by atoms with E-state index < -0.39 is 84.0 Å². The number of aromatic nitrogens is 8. The standard InChI is InChI=1S/C22H30N9O18P3/c1-7-25-14-8(16(34)26-7)24-5-30(14)19-12(42-3)13(43-4)21(45-19)47-51(38,39)49-52(40,41)48-50(36,37)46-20-11(33)10(32)18(44-20)31-6-29(2)9-15(31)27-22(23)28-17(9)35/h5-6,10-13,18-21,32-33H,1-4H3,(H6-,23,25,26,27,28,34,35,36,37,38,39,40,41)/p+1/t10?,11-,12+,13?,18-,19-,20-,21-/m1/s1. The van der Waals surface area contributed by atoms with Crippen LogP contribution in [-0.2, 0) is 57.4 Å². The number of imidazole rings is 2. The van der Waals surface area contributed by atoms with Crippen LogP contribution in [0.2, 0.25) is 0 Å². The summed E-state index contributed by atoms with van der Waals surface area (Å²) in [6.45, 7) is 1.50. The van der Waals surface area contributed by atoms with Gasteiger partial charge >= 0.3 is 29.1 Å². The van der Waals surface area contributed by atoms with Gasteiger partial charge < -0.3 is 54.6 Å². The van der Waals surface area contributed by atoms with E-state index in [1.165, 1.54) is 42.9 Å². The van der Waals surface area contributed by atoms with Crippen molar-refractivity contribution in [1.29, 1.82) is 0 Å². The predicted molar refractivity (Wildman–Crippen MR) is 164 cm³/mol. The summed E-state index contributed by atoms with van der Waals surface area (Å²) in [6.07, 6.45) is -11.2. The van der Waals surface area contributed by atoms with E-state index in [9.17, 15) is 48.2 Å². The number of ether oxygens (including phenoxy) is 4. The molecule has 4 aromatic heterocycles. The van der Waals surface area contributed by atoms with Crippen molar-refractivity contribution < 1.29 is 79.8 Å². The molecule has 0 aliphatic carbocycles. The minimum Gasteiger partial charge on any atom is -0.385 e. The molecule has 0 saturated carbocycles. The number of methoxy groups -OCH3 is 2. The lowest BCUT2D eigenvalue weighted by molar-refractivity contribution is -0.747. The molecular formula is C22H31N9O18P3+. The molecule has 4 aromatic rings. The number of aliphatic hydroxyl groups is 2. The van der Waals surface area contributed by atoms with Gasteiger partial charge in [-0.25, -0.2) is 28.2 Å². The molecule has 30 heteroatoms. The summed E-state index contributed by atoms with van der Waals surface area (Å²) in [7, 11) is -14.0. The Morgan fingerprint density at radius 1 is 0.904 bits per heavy atom. The van der Waals surface area contributed by atoms with Crippen molar-refractivity contribution >= 4 is 51.7 Å². The van der Waals surface area contributed by atoms with Crippen LogP contribution in [0.4, 0.5) is 5.95 Å². The number of phosphoric acid groups is 3. The average molecular weight is 802 g/mol. The minimum absolute atomic E-state index is 0.0294. The average Bonchev–Trinajstić information content (AvgIpc) is 3.74. The second-order valence-electron chi connectivity index (χ2n) is 11.2. The molecule has 0 spiro atoms. The molecule has 2 aliphatic heterocycles. The third-order valence-corrected chi connectivity index (χ3v) is 11.9. The smallest absolute Gasteiger partial charge is 0.385 e. The largest absolute Gasteiger partial charge is 0.490 e. The number of aryl methyl sites for hydroxylation is 2. The molecule has 286 valence electrons. The zero-order chi connectivity index (χ0) is 38.1. The number of phosphoric ester groups is 2. The van der Waals surface area contributed by atoms with Gasteiger partial charge in [-0.2, -0.15) is 8.62 Å². The maximum atomic E-state index is 12.9. The molecule has 6 heterocycles. The third kappa shape index (κ3) is 7.28. The summed E-state index contributed by atoms with van der Waals surface area (Å²) < 4.78 is 81.6. The molecular weight excluding hydrogens is 771 g/mol. The fourth-order valence-corrected chi connectivity index (χ4v) is 9.26. The Kier molecular flexibility index (Phi) is 10.2. The van der Waals surface area contributed by atoms with Gasteiger partial charge in [0, 0.05) is 14.2 Å². The van der Waals surface area contributed by atoms with Crippen molar-refractivity contribution in [2.45, 2.75) is 56.4 Å². The summed E-state index contributed by atoms with van der Waals surface area (Å²) >= 11 is 0. The second kappa shape index (κ2) is 13.8. The molecule has 2 saturated heterocycles. The summed E-state index contributed by atoms with van der Waals surface area (Å²) in [6, 6.07) is 0. The number of H-pyrrole nitrogens is 2. The van der Waals surface area contributed by atoms with E-state index >= 15 is 0 Å². The number of hydrogen-bond acceptors (Lipinski definition) is 19. The normalized spacial score (nSPS) is 30.1. The maximum absolute atomic E-state index is 12.9. The van der Waals surface area contributed by atoms with Crippen molar-refractivity contribution in [1.82, 2.24) is 34.1 Å². The van der Waals surface area contributed by atoms with Crippen LogP contribution in [0.3, 0.4) is 0 Å². The number of anilines is 1. The predicted octanol–water partition coefficient (Wildman–Crippen LogP) is -2.60. The summed E-state index contributed by atoms with van der Waals surface area (Å²) in [5.41, 5.74) is 4.13. The van der Waals surface area contributed by atoms with Crippen molar-refractivity contribution in [3.8, 4) is 0 Å². The van der Waals surface area contributed by atoms with E-state index in [4.69, 9.17) is 29.2 Å². The number of nitrogens with zero attached hydrogens (tertiary/aromatic N) is 6. The van der Waals surface area contributed by atoms with Crippen LogP contribution >= 0.6 is 23.5 Å². The number of nitrogen functional groups attached to an aromatic ring is 1. The van der Waals surface area contributed by atoms with Gasteiger partial charge in [0.2, 0.25) is 18.0 Å². The van der Waals surface area contributed by atoms with Crippen molar-refractivity contribution in [3.63, 3.8) is 0 Å². The number of nitrogens with one attached hydrogen (secondary N) is 2. The van der Waals surface area contributed by atoms with Crippen LogP contribution in [0.5, 0.6) is 0 Å². The number of aromatic amines is 2. The monoisotopic (exact) mass is 802 g/mol. The van der Waals surface area contributed by atoms with Crippen LogP contribution in [0.1, 0.15) is 18.3 Å². The van der Waals surface area contributed by atoms with Gasteiger partial charge in [-0.3, -0.25) is 32.8 Å². The third-order valence-electron chi connectivity index (χ3n) is 7.66. The minimum atomic E-state index is -6.09. The van der Waals surface area contributed by atoms with E-state index in [0.29, 0.717) is 0 Å². The number of nitrogens with two attached hydrogens (primary N) is 1. The number of aliphatic hydroxyl groups excluding tert-OH is 2. The molecule has 27 nitrogen and oxygen atoms in total. The first-order chi connectivity index (χ1) is 24.2. The van der Waals surface area contributed by atoms with Gasteiger partial charge in [0.15, 0.2) is 30.0 Å². The number of hydrogen-bond donors (Lipinski definition) is 8. The first-order valence-corrected chi connectivity index (χ1v) is 18.9. The van der Waals surface area contributed by atoms with E-state index in [1.807, 2.05) is 0 Å². The quantitative estimate of drug-likeness (QED) is 0.0538. The van der Waals surface area contributed by atoms with Crippen LogP contribution in [0, 0.1) is 6.92 Å². The first-order valence-electron chi connectivity index (χ1n) is 14.4. The van der Waals surface area contributed by atoms with Gasteiger partial charge in [0.25, 0.3) is 17.1 Å². The van der Waals surface area contributed by atoms with Gasteiger partial charge in [0.05, 0.1) is 13.4 Å². The van der Waals surface area contributed by atoms with E-state index in [-0.39, 0.29) is 34.1 Å². The van der Waals surface area contributed by atoms with Gasteiger partial charge in [-0.15, -0.1) is 0 Å². The Balaban J connectivity index is 1.14. The molecule has 52 heavy (non-hydrogen) atoms. The lowest BCUT2D eigenvalue weighted by atomic mass is 10.2. The Bertz CT molecular complexity index is 2280.